The van der Waals surface area contributed by atoms with E-state index in [1.807, 2.05) is 0 Å². The number of aliphatic hydroxyl groups excluding tert-OH is 3. The molecule has 168 valence electrons. The van der Waals surface area contributed by atoms with Gasteiger partial charge in [0.2, 0.25) is 0 Å². The molecule has 15 heteroatoms. The Hall–Kier alpha value is -3.79. The van der Waals surface area contributed by atoms with Crippen LogP contribution in [0, 0.1) is 20.2 Å². The average molecular weight is 447 g/mol. The van der Waals surface area contributed by atoms with Gasteiger partial charge in [0.25, 0.3) is 0 Å². The zero-order valence-corrected chi connectivity index (χ0v) is 16.2. The van der Waals surface area contributed by atoms with E-state index in [4.69, 9.17) is 4.74 Å². The molecule has 32 heavy (non-hydrogen) atoms. The number of aromatic nitrogens is 4. The Morgan fingerprint density at radius 3 is 2.50 bits per heavy atom. The molecule has 2 aromatic heterocycles. The van der Waals surface area contributed by atoms with Crippen molar-refractivity contribution in [2.45, 2.75) is 31.1 Å². The smallest absolute Gasteiger partial charge is 0.346 e. The van der Waals surface area contributed by atoms with E-state index in [0.717, 1.165) is 12.1 Å². The third kappa shape index (κ3) is 3.69. The van der Waals surface area contributed by atoms with Crippen LogP contribution in [0.2, 0.25) is 0 Å². The van der Waals surface area contributed by atoms with Crippen molar-refractivity contribution in [2.75, 3.05) is 11.9 Å². The van der Waals surface area contributed by atoms with Crippen molar-refractivity contribution in [3.05, 3.63) is 56.6 Å². The van der Waals surface area contributed by atoms with Crippen LogP contribution in [0.15, 0.2) is 30.9 Å². The van der Waals surface area contributed by atoms with Gasteiger partial charge in [-0.2, -0.15) is 0 Å². The lowest BCUT2D eigenvalue weighted by Crippen LogP contribution is -2.33. The highest BCUT2D eigenvalue weighted by atomic mass is 16.6. The number of hydrogen-bond donors (Lipinski definition) is 4. The number of anilines is 1. The van der Waals surface area contributed by atoms with Crippen molar-refractivity contribution < 1.29 is 29.9 Å². The second-order valence-electron chi connectivity index (χ2n) is 6.97. The molecule has 1 aliphatic heterocycles. The first-order chi connectivity index (χ1) is 15.3. The topological polar surface area (TPSA) is 212 Å². The Labute approximate surface area is 178 Å². The maximum Gasteiger partial charge on any atom is 0.346 e. The number of fused-ring (bicyclic) bond motifs is 1. The number of ether oxygens (including phenoxy) is 1. The van der Waals surface area contributed by atoms with Gasteiger partial charge in [0.15, 0.2) is 23.2 Å². The molecule has 1 unspecified atom stereocenters. The number of rotatable bonds is 7. The minimum absolute atomic E-state index is 0.0473. The zero-order valence-electron chi connectivity index (χ0n) is 16.2. The normalized spacial score (nSPS) is 22.8. The summed E-state index contributed by atoms with van der Waals surface area (Å²) in [6.45, 7) is -0.434. The van der Waals surface area contributed by atoms with Gasteiger partial charge in [-0.15, -0.1) is 0 Å². The van der Waals surface area contributed by atoms with Crippen LogP contribution in [0.25, 0.3) is 11.2 Å². The van der Waals surface area contributed by atoms with E-state index in [2.05, 4.69) is 20.3 Å². The van der Waals surface area contributed by atoms with Crippen molar-refractivity contribution >= 4 is 28.4 Å². The average Bonchev–Trinajstić information content (AvgIpc) is 3.33. The Balaban J connectivity index is 1.59. The molecule has 0 aliphatic carbocycles. The van der Waals surface area contributed by atoms with Crippen molar-refractivity contribution in [3.8, 4) is 0 Å². The van der Waals surface area contributed by atoms with Gasteiger partial charge in [-0.05, 0) is 11.6 Å². The molecule has 4 rings (SSSR count). The summed E-state index contributed by atoms with van der Waals surface area (Å²) in [6.07, 6.45) is -2.06. The summed E-state index contributed by atoms with van der Waals surface area (Å²) >= 11 is 0. The van der Waals surface area contributed by atoms with Crippen molar-refractivity contribution in [1.29, 1.82) is 0 Å². The fourth-order valence-electron chi connectivity index (χ4n) is 3.44. The first-order valence-electron chi connectivity index (χ1n) is 9.27. The molecule has 1 fully saturated rings. The van der Waals surface area contributed by atoms with E-state index in [-0.39, 0.29) is 18.0 Å². The molecule has 0 radical (unpaired) electrons. The molecular weight excluding hydrogens is 430 g/mol. The van der Waals surface area contributed by atoms with Gasteiger partial charge in [0, 0.05) is 18.7 Å². The van der Waals surface area contributed by atoms with Crippen molar-refractivity contribution in [3.63, 3.8) is 0 Å². The summed E-state index contributed by atoms with van der Waals surface area (Å²) in [5, 5.41) is 54.5. The summed E-state index contributed by atoms with van der Waals surface area (Å²) in [5.74, 6) is 0.265. The maximum atomic E-state index is 11.1. The van der Waals surface area contributed by atoms with Gasteiger partial charge in [0.05, 0.1) is 22.8 Å². The molecule has 1 aromatic carbocycles. The Morgan fingerprint density at radius 1 is 1.09 bits per heavy atom. The molecule has 4 N–H and O–H groups in total. The van der Waals surface area contributed by atoms with Crippen molar-refractivity contribution in [2.24, 2.45) is 0 Å². The first kappa shape index (κ1) is 21.4. The fourth-order valence-corrected chi connectivity index (χ4v) is 3.44. The highest BCUT2D eigenvalue weighted by Gasteiger charge is 2.44. The first-order valence-corrected chi connectivity index (χ1v) is 9.27. The number of hydrogen-bond acceptors (Lipinski definition) is 12. The lowest BCUT2D eigenvalue weighted by atomic mass is 10.1. The number of aliphatic hydroxyl groups is 3. The summed E-state index contributed by atoms with van der Waals surface area (Å²) in [4.78, 5) is 32.9. The predicted octanol–water partition coefficient (Wildman–Crippen LogP) is -0.134. The van der Waals surface area contributed by atoms with E-state index in [0.29, 0.717) is 11.1 Å². The highest BCUT2D eigenvalue weighted by molar-refractivity contribution is 5.82. The summed E-state index contributed by atoms with van der Waals surface area (Å²) < 4.78 is 6.89. The molecule has 0 amide bonds. The molecule has 1 saturated heterocycles. The largest absolute Gasteiger partial charge is 0.394 e. The summed E-state index contributed by atoms with van der Waals surface area (Å²) in [5.41, 5.74) is -0.276. The second-order valence-corrected chi connectivity index (χ2v) is 6.97. The lowest BCUT2D eigenvalue weighted by Gasteiger charge is -2.16. The van der Waals surface area contributed by atoms with Crippen LogP contribution in [-0.4, -0.2) is 69.6 Å². The number of imidazole rings is 1. The number of nitrogens with one attached hydrogen (secondary N) is 1. The second kappa shape index (κ2) is 8.39. The minimum Gasteiger partial charge on any atom is -0.394 e. The maximum absolute atomic E-state index is 11.1. The minimum atomic E-state index is -1.32. The molecule has 4 atom stereocenters. The monoisotopic (exact) mass is 447 g/mol. The molecule has 1 aliphatic rings. The quantitative estimate of drug-likeness (QED) is 0.275. The number of nitro benzene ring substituents is 2. The van der Waals surface area contributed by atoms with Crippen LogP contribution >= 0.6 is 0 Å². The molecule has 3 aromatic rings. The Bertz CT molecular complexity index is 1180. The van der Waals surface area contributed by atoms with Gasteiger partial charge < -0.3 is 25.4 Å². The molecule has 0 saturated carbocycles. The molecule has 0 bridgehead atoms. The standard InChI is InChI=1S/C17H17N7O8/c25-5-11-13(26)14(27)17(32-11)22-7-21-12-15(19-6-20-16(12)22)18-4-8-1-2-9(23(28)29)10(3-8)24(30)31/h1-3,6-7,11,13-14,17,25-27H,4-5H2,(H,18,19,20)/t11-,13-,14-,17?/m1/s1. The number of nitrogens with zero attached hydrogens (tertiary/aromatic N) is 6. The van der Waals surface area contributed by atoms with Crippen LogP contribution in [0.5, 0.6) is 0 Å². The molecule has 3 heterocycles. The van der Waals surface area contributed by atoms with Crippen LogP contribution in [0.1, 0.15) is 11.8 Å². The van der Waals surface area contributed by atoms with Crippen LogP contribution in [0.3, 0.4) is 0 Å². The fraction of sp³-hybridized carbons (Fsp3) is 0.353. The number of benzene rings is 1. The lowest BCUT2D eigenvalue weighted by molar-refractivity contribution is -0.422. The third-order valence-electron chi connectivity index (χ3n) is 5.04. The van der Waals surface area contributed by atoms with Gasteiger partial charge in [0.1, 0.15) is 24.6 Å². The van der Waals surface area contributed by atoms with Crippen LogP contribution in [0.4, 0.5) is 17.2 Å². The van der Waals surface area contributed by atoms with E-state index in [9.17, 15) is 35.5 Å². The van der Waals surface area contributed by atoms with Crippen molar-refractivity contribution in [1.82, 2.24) is 19.5 Å². The van der Waals surface area contributed by atoms with Crippen LogP contribution < -0.4 is 5.32 Å². The zero-order chi connectivity index (χ0) is 23.0. The van der Waals surface area contributed by atoms with E-state index < -0.39 is 52.4 Å². The van der Waals surface area contributed by atoms with Gasteiger partial charge in [-0.25, -0.2) is 15.0 Å². The van der Waals surface area contributed by atoms with Gasteiger partial charge >= 0.3 is 11.4 Å². The third-order valence-corrected chi connectivity index (χ3v) is 5.04. The summed E-state index contributed by atoms with van der Waals surface area (Å²) in [6, 6.07) is 3.54. The van der Waals surface area contributed by atoms with E-state index >= 15 is 0 Å². The SMILES string of the molecule is O=[N+]([O-])c1ccc(CNc2ncnc3c2ncn3C2O[C@H](CO)[C@@H](O)[C@H]2O)cc1[N+](=O)[O-]. The van der Waals surface area contributed by atoms with Gasteiger partial charge in [-0.3, -0.25) is 24.8 Å². The van der Waals surface area contributed by atoms with Crippen LogP contribution in [-0.2, 0) is 11.3 Å². The molecular formula is C17H17N7O8. The predicted molar refractivity (Wildman–Crippen MR) is 105 cm³/mol. The van der Waals surface area contributed by atoms with Gasteiger partial charge in [-0.1, -0.05) is 0 Å². The summed E-state index contributed by atoms with van der Waals surface area (Å²) in [7, 11) is 0. The molecule has 15 nitrogen and oxygen atoms in total. The van der Waals surface area contributed by atoms with E-state index in [1.54, 1.807) is 0 Å². The Morgan fingerprint density at radius 2 is 1.84 bits per heavy atom. The molecule has 0 spiro atoms. The number of nitro groups is 2. The van der Waals surface area contributed by atoms with E-state index in [1.165, 1.54) is 23.3 Å². The Kier molecular flexibility index (Phi) is 5.62. The highest BCUT2D eigenvalue weighted by Crippen LogP contribution is 2.32.